The number of ether oxygens (including phenoxy) is 1. The molecule has 0 fully saturated rings. The number of esters is 1. The molecule has 0 atom stereocenters. The first kappa shape index (κ1) is 12.8. The van der Waals surface area contributed by atoms with Gasteiger partial charge in [0.1, 0.15) is 0 Å². The highest BCUT2D eigenvalue weighted by Gasteiger charge is 2.12. The highest BCUT2D eigenvalue weighted by Crippen LogP contribution is 2.18. The second-order valence-electron chi connectivity index (χ2n) is 3.23. The number of hydrogen-bond acceptors (Lipinski definition) is 4. The lowest BCUT2D eigenvalue weighted by Gasteiger charge is -2.06. The topological polar surface area (TPSA) is 43.4 Å². The first-order valence-corrected chi connectivity index (χ1v) is 5.58. The molecular weight excluding hydrogens is 224 g/mol. The van der Waals surface area contributed by atoms with Gasteiger partial charge in [-0.3, -0.25) is 4.79 Å². The Kier molecular flexibility index (Phi) is 4.55. The van der Waals surface area contributed by atoms with E-state index in [0.29, 0.717) is 29.1 Å². The lowest BCUT2D eigenvalue weighted by molar-refractivity contribution is 0.0526. The Morgan fingerprint density at radius 2 is 2.00 bits per heavy atom. The Balaban J connectivity index is 3.07. The molecule has 16 heavy (non-hydrogen) atoms. The largest absolute Gasteiger partial charge is 0.462 e. The summed E-state index contributed by atoms with van der Waals surface area (Å²) in [5, 5.41) is 0. The van der Waals surface area contributed by atoms with E-state index in [1.54, 1.807) is 26.0 Å². The van der Waals surface area contributed by atoms with Gasteiger partial charge in [-0.2, -0.15) is 0 Å². The molecule has 0 radical (unpaired) electrons. The van der Waals surface area contributed by atoms with Crippen molar-refractivity contribution in [2.75, 3.05) is 6.61 Å². The monoisotopic (exact) mass is 238 g/mol. The highest BCUT2D eigenvalue weighted by molar-refractivity contribution is 7.80. The van der Waals surface area contributed by atoms with Crippen LogP contribution in [0.2, 0.25) is 0 Å². The normalized spacial score (nSPS) is 9.94. The van der Waals surface area contributed by atoms with Crippen LogP contribution in [0.3, 0.4) is 0 Å². The fourth-order valence-corrected chi connectivity index (χ4v) is 1.56. The average Bonchev–Trinajstić information content (AvgIpc) is 2.29. The maximum Gasteiger partial charge on any atom is 0.338 e. The molecular formula is C12H14O3S. The summed E-state index contributed by atoms with van der Waals surface area (Å²) in [6.07, 6.45) is 0.389. The van der Waals surface area contributed by atoms with Crippen molar-refractivity contribution >= 4 is 24.4 Å². The number of carbonyl (C=O) groups is 2. The third-order valence-electron chi connectivity index (χ3n) is 2.13. The number of benzene rings is 1. The quantitative estimate of drug-likeness (QED) is 0.498. The van der Waals surface area contributed by atoms with Crippen LogP contribution in [0.5, 0.6) is 0 Å². The van der Waals surface area contributed by atoms with Crippen LogP contribution >= 0.6 is 12.6 Å². The van der Waals surface area contributed by atoms with Crippen LogP contribution in [0.25, 0.3) is 0 Å². The second-order valence-corrected chi connectivity index (χ2v) is 3.71. The van der Waals surface area contributed by atoms with Crippen molar-refractivity contribution in [3.63, 3.8) is 0 Å². The van der Waals surface area contributed by atoms with Gasteiger partial charge in [0.2, 0.25) is 0 Å². The number of Topliss-reactive ketones (excluding diaryl/α,β-unsaturated/α-hetero) is 1. The Morgan fingerprint density at radius 1 is 1.31 bits per heavy atom. The van der Waals surface area contributed by atoms with E-state index in [1.165, 1.54) is 6.07 Å². The van der Waals surface area contributed by atoms with E-state index in [9.17, 15) is 9.59 Å². The fraction of sp³-hybridized carbons (Fsp3) is 0.333. The highest BCUT2D eigenvalue weighted by atomic mass is 32.1. The summed E-state index contributed by atoms with van der Waals surface area (Å²) in [7, 11) is 0. The van der Waals surface area contributed by atoms with Gasteiger partial charge in [0, 0.05) is 16.9 Å². The van der Waals surface area contributed by atoms with E-state index >= 15 is 0 Å². The van der Waals surface area contributed by atoms with Crippen LogP contribution in [0.15, 0.2) is 23.1 Å². The predicted octanol–water partition coefficient (Wildman–Crippen LogP) is 2.74. The van der Waals surface area contributed by atoms with E-state index < -0.39 is 5.97 Å². The molecule has 1 aromatic rings. The van der Waals surface area contributed by atoms with Crippen molar-refractivity contribution in [1.29, 1.82) is 0 Å². The van der Waals surface area contributed by atoms with Crippen molar-refractivity contribution in [1.82, 2.24) is 0 Å². The van der Waals surface area contributed by atoms with Gasteiger partial charge >= 0.3 is 5.97 Å². The number of hydrogen-bond donors (Lipinski definition) is 1. The second kappa shape index (κ2) is 5.70. The molecule has 0 unspecified atom stereocenters. The average molecular weight is 238 g/mol. The molecule has 86 valence electrons. The number of thiol groups is 1. The van der Waals surface area contributed by atoms with Crippen molar-refractivity contribution < 1.29 is 14.3 Å². The van der Waals surface area contributed by atoms with Crippen LogP contribution in [0.4, 0.5) is 0 Å². The minimum atomic E-state index is -0.416. The maximum atomic E-state index is 11.6. The first-order chi connectivity index (χ1) is 7.60. The van der Waals surface area contributed by atoms with Gasteiger partial charge < -0.3 is 4.74 Å². The zero-order valence-electron chi connectivity index (χ0n) is 9.32. The molecule has 0 aliphatic rings. The smallest absolute Gasteiger partial charge is 0.338 e. The van der Waals surface area contributed by atoms with E-state index in [0.717, 1.165) is 0 Å². The van der Waals surface area contributed by atoms with Crippen molar-refractivity contribution in [3.8, 4) is 0 Å². The van der Waals surface area contributed by atoms with Crippen molar-refractivity contribution in [3.05, 3.63) is 29.3 Å². The summed E-state index contributed by atoms with van der Waals surface area (Å²) in [5.74, 6) is -0.447. The number of ketones is 1. The molecule has 0 N–H and O–H groups in total. The van der Waals surface area contributed by atoms with E-state index in [-0.39, 0.29) is 5.78 Å². The Labute approximate surface area is 100 Å². The summed E-state index contributed by atoms with van der Waals surface area (Å²) in [6.45, 7) is 3.83. The molecule has 0 bridgehead atoms. The number of rotatable bonds is 4. The van der Waals surface area contributed by atoms with Crippen LogP contribution in [-0.4, -0.2) is 18.4 Å². The molecule has 3 nitrogen and oxygen atoms in total. The molecule has 0 heterocycles. The first-order valence-electron chi connectivity index (χ1n) is 5.13. The molecule has 1 rings (SSSR count). The minimum absolute atomic E-state index is 0.0313. The number of carbonyl (C=O) groups excluding carboxylic acids is 2. The lowest BCUT2D eigenvalue weighted by atomic mass is 10.1. The van der Waals surface area contributed by atoms with Gasteiger partial charge in [0.05, 0.1) is 12.2 Å². The molecule has 0 aliphatic heterocycles. The molecule has 0 spiro atoms. The predicted molar refractivity (Wildman–Crippen MR) is 64.3 cm³/mol. The third kappa shape index (κ3) is 2.85. The van der Waals surface area contributed by atoms with Crippen molar-refractivity contribution in [2.45, 2.75) is 25.2 Å². The zero-order chi connectivity index (χ0) is 12.1. The van der Waals surface area contributed by atoms with E-state index in [4.69, 9.17) is 4.74 Å². The molecule has 0 aliphatic carbocycles. The Hall–Kier alpha value is -1.29. The van der Waals surface area contributed by atoms with Gasteiger partial charge in [0.25, 0.3) is 0 Å². The van der Waals surface area contributed by atoms with Crippen LogP contribution in [0, 0.1) is 0 Å². The molecule has 0 amide bonds. The molecule has 0 aromatic heterocycles. The van der Waals surface area contributed by atoms with E-state index in [2.05, 4.69) is 12.6 Å². The summed E-state index contributed by atoms with van der Waals surface area (Å²) in [4.78, 5) is 23.6. The summed E-state index contributed by atoms with van der Waals surface area (Å²) < 4.78 is 4.86. The third-order valence-corrected chi connectivity index (χ3v) is 2.52. The fourth-order valence-electron chi connectivity index (χ4n) is 1.29. The van der Waals surface area contributed by atoms with Gasteiger partial charge in [-0.15, -0.1) is 12.6 Å². The van der Waals surface area contributed by atoms with Gasteiger partial charge in [0.15, 0.2) is 5.78 Å². The van der Waals surface area contributed by atoms with Crippen LogP contribution in [0.1, 0.15) is 41.0 Å². The summed E-state index contributed by atoms with van der Waals surface area (Å²) >= 11 is 4.19. The molecule has 4 heteroatoms. The van der Waals surface area contributed by atoms with Crippen molar-refractivity contribution in [2.24, 2.45) is 0 Å². The van der Waals surface area contributed by atoms with Crippen LogP contribution in [-0.2, 0) is 4.74 Å². The van der Waals surface area contributed by atoms with Gasteiger partial charge in [-0.05, 0) is 25.1 Å². The lowest BCUT2D eigenvalue weighted by Crippen LogP contribution is -2.07. The minimum Gasteiger partial charge on any atom is -0.462 e. The Bertz CT molecular complexity index is 413. The summed E-state index contributed by atoms with van der Waals surface area (Å²) in [5.41, 5.74) is 0.854. The molecule has 0 saturated heterocycles. The summed E-state index contributed by atoms with van der Waals surface area (Å²) in [6, 6.07) is 4.77. The SMILES string of the molecule is CCOC(=O)c1ccc(S)c(C(=O)CC)c1. The molecule has 0 saturated carbocycles. The van der Waals surface area contributed by atoms with E-state index in [1.807, 2.05) is 0 Å². The zero-order valence-corrected chi connectivity index (χ0v) is 10.2. The van der Waals surface area contributed by atoms with Gasteiger partial charge in [-0.1, -0.05) is 6.92 Å². The van der Waals surface area contributed by atoms with Crippen LogP contribution < -0.4 is 0 Å². The standard InChI is InChI=1S/C12H14O3S/c1-3-10(13)9-7-8(5-6-11(9)16)12(14)15-4-2/h5-7,16H,3-4H2,1-2H3. The maximum absolute atomic E-state index is 11.6. The van der Waals surface area contributed by atoms with Gasteiger partial charge in [-0.25, -0.2) is 4.79 Å². The Morgan fingerprint density at radius 3 is 2.56 bits per heavy atom. The molecule has 1 aromatic carbocycles.